The molecule has 2 rings (SSSR count). The minimum Gasteiger partial charge on any atom is -0.496 e. The fourth-order valence-corrected chi connectivity index (χ4v) is 2.31. The number of nitriles is 2. The van der Waals surface area contributed by atoms with E-state index in [-0.39, 0.29) is 11.5 Å². The lowest BCUT2D eigenvalue weighted by molar-refractivity contribution is -0.128. The lowest BCUT2D eigenvalue weighted by atomic mass is 10.1. The van der Waals surface area contributed by atoms with E-state index in [0.717, 1.165) is 24.2 Å². The molecule has 1 aliphatic rings. The van der Waals surface area contributed by atoms with Crippen LogP contribution in [0.3, 0.4) is 0 Å². The molecule has 1 N–H and O–H groups in total. The molecule has 0 radical (unpaired) electrons. The zero-order valence-corrected chi connectivity index (χ0v) is 12.3. The summed E-state index contributed by atoms with van der Waals surface area (Å²) in [6, 6.07) is 9.01. The third kappa shape index (κ3) is 3.56. The van der Waals surface area contributed by atoms with Gasteiger partial charge in [-0.25, -0.2) is 0 Å². The van der Waals surface area contributed by atoms with Gasteiger partial charge in [0.15, 0.2) is 0 Å². The van der Waals surface area contributed by atoms with E-state index in [1.807, 2.05) is 6.07 Å². The van der Waals surface area contributed by atoms with Crippen LogP contribution in [0.15, 0.2) is 30.0 Å². The molecular weight excluding hydrogens is 280 g/mol. The number of nitrogens with zero attached hydrogens (tertiary/aromatic N) is 3. The van der Waals surface area contributed by atoms with Gasteiger partial charge in [0.2, 0.25) is 5.91 Å². The summed E-state index contributed by atoms with van der Waals surface area (Å²) in [5.41, 5.74) is 1.60. The molecule has 1 heterocycles. The van der Waals surface area contributed by atoms with Gasteiger partial charge in [0.05, 0.1) is 7.11 Å². The summed E-state index contributed by atoms with van der Waals surface area (Å²) < 4.78 is 5.33. The molecule has 112 valence electrons. The fraction of sp³-hybridized carbons (Fsp3) is 0.312. The lowest BCUT2D eigenvalue weighted by Gasteiger charge is -2.18. The number of likely N-dealkylation sites (tertiary alicyclic amines) is 1. The van der Waals surface area contributed by atoms with Crippen LogP contribution in [0.4, 0.5) is 5.69 Å². The van der Waals surface area contributed by atoms with E-state index >= 15 is 0 Å². The first-order valence-corrected chi connectivity index (χ1v) is 6.89. The topological polar surface area (TPSA) is 89.2 Å². The van der Waals surface area contributed by atoms with Crippen LogP contribution in [0.5, 0.6) is 5.75 Å². The molecule has 22 heavy (non-hydrogen) atoms. The van der Waals surface area contributed by atoms with Crippen molar-refractivity contribution in [1.29, 1.82) is 10.5 Å². The molecule has 0 unspecified atom stereocenters. The first kappa shape index (κ1) is 15.4. The molecule has 0 atom stereocenters. The van der Waals surface area contributed by atoms with Crippen molar-refractivity contribution in [3.63, 3.8) is 0 Å². The predicted octanol–water partition coefficient (Wildman–Crippen LogP) is 2.16. The van der Waals surface area contributed by atoms with Gasteiger partial charge in [-0.2, -0.15) is 10.5 Å². The Hall–Kier alpha value is -2.99. The summed E-state index contributed by atoms with van der Waals surface area (Å²) >= 11 is 0. The first-order valence-electron chi connectivity index (χ1n) is 6.89. The lowest BCUT2D eigenvalue weighted by Crippen LogP contribution is -2.24. The van der Waals surface area contributed by atoms with Crippen LogP contribution >= 0.6 is 0 Å². The molecule has 1 aliphatic heterocycles. The number of carbonyl (C=O) groups excluding carboxylic acids is 1. The number of benzene rings is 1. The Morgan fingerprint density at radius 2 is 2.23 bits per heavy atom. The molecule has 6 heteroatoms. The smallest absolute Gasteiger partial charge is 0.222 e. The Balaban J connectivity index is 2.19. The second-order valence-corrected chi connectivity index (χ2v) is 4.87. The zero-order chi connectivity index (χ0) is 15.9. The summed E-state index contributed by atoms with van der Waals surface area (Å²) in [7, 11) is 1.58. The third-order valence-electron chi connectivity index (χ3n) is 3.44. The van der Waals surface area contributed by atoms with Crippen LogP contribution in [0.1, 0.15) is 18.4 Å². The first-order chi connectivity index (χ1) is 10.7. The standard InChI is InChI=1S/C16H16N4O2/c1-22-15-5-4-14(19-10-12(8-17)9-18)7-13(15)11-20-6-2-3-16(20)21/h4-5,7,10,19H,2-3,6,11H2,1H3. The highest BCUT2D eigenvalue weighted by Gasteiger charge is 2.21. The summed E-state index contributed by atoms with van der Waals surface area (Å²) in [5.74, 6) is 0.853. The van der Waals surface area contributed by atoms with Gasteiger partial charge in [0.1, 0.15) is 23.5 Å². The summed E-state index contributed by atoms with van der Waals surface area (Å²) in [4.78, 5) is 13.5. The Morgan fingerprint density at radius 3 is 2.82 bits per heavy atom. The molecule has 0 aliphatic carbocycles. The fourth-order valence-electron chi connectivity index (χ4n) is 2.31. The normalized spacial score (nSPS) is 13.2. The maximum atomic E-state index is 11.7. The number of carbonyl (C=O) groups is 1. The summed E-state index contributed by atoms with van der Waals surface area (Å²) in [5, 5.41) is 20.3. The van der Waals surface area contributed by atoms with Crippen molar-refractivity contribution in [3.05, 3.63) is 35.5 Å². The highest BCUT2D eigenvalue weighted by atomic mass is 16.5. The van der Waals surface area contributed by atoms with E-state index < -0.39 is 0 Å². The summed E-state index contributed by atoms with van der Waals surface area (Å²) in [6.07, 6.45) is 2.83. The molecule has 1 aromatic rings. The third-order valence-corrected chi connectivity index (χ3v) is 3.44. The maximum Gasteiger partial charge on any atom is 0.222 e. The van der Waals surface area contributed by atoms with E-state index in [1.54, 1.807) is 36.3 Å². The highest BCUT2D eigenvalue weighted by Crippen LogP contribution is 2.26. The number of hydrogen-bond acceptors (Lipinski definition) is 5. The van der Waals surface area contributed by atoms with Gasteiger partial charge in [-0.3, -0.25) is 4.79 Å². The van der Waals surface area contributed by atoms with Gasteiger partial charge in [-0.15, -0.1) is 0 Å². The van der Waals surface area contributed by atoms with Crippen molar-refractivity contribution >= 4 is 11.6 Å². The van der Waals surface area contributed by atoms with Crippen LogP contribution in [0.2, 0.25) is 0 Å². The molecule has 0 saturated carbocycles. The number of methoxy groups -OCH3 is 1. The number of nitrogens with one attached hydrogen (secondary N) is 1. The minimum atomic E-state index is -0.00733. The van der Waals surface area contributed by atoms with Crippen molar-refractivity contribution in [1.82, 2.24) is 4.90 Å². The molecule has 1 aromatic carbocycles. The maximum absolute atomic E-state index is 11.7. The highest BCUT2D eigenvalue weighted by molar-refractivity contribution is 5.78. The number of ether oxygens (including phenoxy) is 1. The molecule has 1 fully saturated rings. The Morgan fingerprint density at radius 1 is 1.45 bits per heavy atom. The monoisotopic (exact) mass is 296 g/mol. The molecule has 0 spiro atoms. The summed E-state index contributed by atoms with van der Waals surface area (Å²) in [6.45, 7) is 1.25. The van der Waals surface area contributed by atoms with Crippen LogP contribution in [0.25, 0.3) is 0 Å². The largest absolute Gasteiger partial charge is 0.496 e. The number of amides is 1. The quantitative estimate of drug-likeness (QED) is 0.841. The van der Waals surface area contributed by atoms with Gasteiger partial charge < -0.3 is 15.0 Å². The Labute approximate surface area is 129 Å². The predicted molar refractivity (Wildman–Crippen MR) is 80.6 cm³/mol. The Kier molecular flexibility index (Phi) is 5.00. The number of hydrogen-bond donors (Lipinski definition) is 1. The average Bonchev–Trinajstić information content (AvgIpc) is 2.94. The number of anilines is 1. The molecule has 1 saturated heterocycles. The molecular formula is C16H16N4O2. The van der Waals surface area contributed by atoms with Gasteiger partial charge in [0.25, 0.3) is 0 Å². The van der Waals surface area contributed by atoms with E-state index in [2.05, 4.69) is 5.32 Å². The number of rotatable bonds is 5. The van der Waals surface area contributed by atoms with Crippen molar-refractivity contribution in [2.75, 3.05) is 19.0 Å². The molecule has 0 bridgehead atoms. The molecule has 1 amide bonds. The molecule has 6 nitrogen and oxygen atoms in total. The van der Waals surface area contributed by atoms with Crippen molar-refractivity contribution in [2.45, 2.75) is 19.4 Å². The van der Waals surface area contributed by atoms with Crippen molar-refractivity contribution in [3.8, 4) is 17.9 Å². The number of allylic oxidation sites excluding steroid dienone is 1. The van der Waals surface area contributed by atoms with E-state index in [1.165, 1.54) is 6.20 Å². The van der Waals surface area contributed by atoms with Gasteiger partial charge in [-0.05, 0) is 24.6 Å². The zero-order valence-electron chi connectivity index (χ0n) is 12.3. The van der Waals surface area contributed by atoms with Gasteiger partial charge in [0, 0.05) is 37.0 Å². The van der Waals surface area contributed by atoms with Crippen LogP contribution in [-0.4, -0.2) is 24.5 Å². The minimum absolute atomic E-state index is 0.00733. The van der Waals surface area contributed by atoms with Crippen LogP contribution in [0, 0.1) is 22.7 Å². The Bertz CT molecular complexity index is 666. The van der Waals surface area contributed by atoms with Gasteiger partial charge >= 0.3 is 0 Å². The van der Waals surface area contributed by atoms with E-state index in [4.69, 9.17) is 15.3 Å². The van der Waals surface area contributed by atoms with Crippen molar-refractivity contribution < 1.29 is 9.53 Å². The molecule has 0 aromatic heterocycles. The van der Waals surface area contributed by atoms with E-state index in [9.17, 15) is 4.79 Å². The van der Waals surface area contributed by atoms with E-state index in [0.29, 0.717) is 18.7 Å². The average molecular weight is 296 g/mol. The van der Waals surface area contributed by atoms with Crippen LogP contribution in [-0.2, 0) is 11.3 Å². The van der Waals surface area contributed by atoms with Gasteiger partial charge in [-0.1, -0.05) is 0 Å². The van der Waals surface area contributed by atoms with Crippen molar-refractivity contribution in [2.24, 2.45) is 0 Å². The second-order valence-electron chi connectivity index (χ2n) is 4.87. The SMILES string of the molecule is COc1ccc(NC=C(C#N)C#N)cc1CN1CCCC1=O. The second kappa shape index (κ2) is 7.14. The van der Waals surface area contributed by atoms with Crippen LogP contribution < -0.4 is 10.1 Å².